The second kappa shape index (κ2) is 6.60. The molecular weight excluding hydrogens is 373 g/mol. The Kier molecular flexibility index (Phi) is 4.58. The summed E-state index contributed by atoms with van der Waals surface area (Å²) in [5.74, 6) is 0.412. The van der Waals surface area contributed by atoms with Crippen molar-refractivity contribution in [2.24, 2.45) is 5.92 Å². The fraction of sp³-hybridized carbons (Fsp3) is 0.278. The smallest absolute Gasteiger partial charge is 0.224 e. The summed E-state index contributed by atoms with van der Waals surface area (Å²) >= 11 is 2.30. The first kappa shape index (κ1) is 14.6. The van der Waals surface area contributed by atoms with Gasteiger partial charge in [-0.2, -0.15) is 0 Å². The number of rotatable bonds is 4. The lowest BCUT2D eigenvalue weighted by molar-refractivity contribution is -0.121. The molecule has 3 rings (SSSR count). The monoisotopic (exact) mass is 391 g/mol. The van der Waals surface area contributed by atoms with Crippen molar-refractivity contribution in [3.05, 3.63) is 60.2 Å². The molecule has 2 aromatic rings. The second-order valence-electron chi connectivity index (χ2n) is 5.56. The molecule has 21 heavy (non-hydrogen) atoms. The van der Waals surface area contributed by atoms with Gasteiger partial charge in [-0.3, -0.25) is 4.79 Å². The largest absolute Gasteiger partial charge is 0.353 e. The molecule has 0 bridgehead atoms. The van der Waals surface area contributed by atoms with E-state index in [4.69, 9.17) is 0 Å². The van der Waals surface area contributed by atoms with Gasteiger partial charge in [0.1, 0.15) is 0 Å². The molecule has 3 heteroatoms. The average molecular weight is 391 g/mol. The lowest BCUT2D eigenvalue weighted by Gasteiger charge is -2.10. The van der Waals surface area contributed by atoms with Crippen LogP contribution in [0.1, 0.15) is 12.0 Å². The SMILES string of the molecule is O=C1NC(Cc2ccc(-c3ccccc3)cc2)C[C@@H]1CI. The highest BCUT2D eigenvalue weighted by atomic mass is 127. The van der Waals surface area contributed by atoms with Gasteiger partial charge in [0.05, 0.1) is 0 Å². The maximum Gasteiger partial charge on any atom is 0.224 e. The summed E-state index contributed by atoms with van der Waals surface area (Å²) in [6, 6.07) is 19.4. The maximum atomic E-state index is 11.7. The molecule has 1 saturated heterocycles. The highest BCUT2D eigenvalue weighted by Gasteiger charge is 2.30. The van der Waals surface area contributed by atoms with Gasteiger partial charge in [-0.15, -0.1) is 0 Å². The molecular formula is C18H18INO. The molecule has 1 aliphatic rings. The lowest BCUT2D eigenvalue weighted by Crippen LogP contribution is -2.28. The standard InChI is InChI=1S/C18H18INO/c19-12-16-11-17(20-18(16)21)10-13-6-8-15(9-7-13)14-4-2-1-3-5-14/h1-9,16-17H,10-12H2,(H,20,21)/t16-,17?/m1/s1. The van der Waals surface area contributed by atoms with Crippen molar-refractivity contribution in [3.8, 4) is 11.1 Å². The van der Waals surface area contributed by atoms with Crippen LogP contribution in [0.15, 0.2) is 54.6 Å². The Morgan fingerprint density at radius 2 is 1.67 bits per heavy atom. The number of halogens is 1. The Hall–Kier alpha value is -1.36. The molecule has 0 aromatic heterocycles. The van der Waals surface area contributed by atoms with Crippen molar-refractivity contribution < 1.29 is 4.79 Å². The fourth-order valence-electron chi connectivity index (χ4n) is 2.84. The van der Waals surface area contributed by atoms with E-state index in [2.05, 4.69) is 76.4 Å². The molecule has 1 N–H and O–H groups in total. The first-order chi connectivity index (χ1) is 10.3. The fourth-order valence-corrected chi connectivity index (χ4v) is 3.60. The van der Waals surface area contributed by atoms with Gasteiger partial charge in [-0.25, -0.2) is 0 Å². The minimum Gasteiger partial charge on any atom is -0.353 e. The lowest BCUT2D eigenvalue weighted by atomic mass is 9.98. The van der Waals surface area contributed by atoms with E-state index in [1.165, 1.54) is 16.7 Å². The normalized spacial score (nSPS) is 21.3. The Balaban J connectivity index is 1.67. The van der Waals surface area contributed by atoms with Gasteiger partial charge in [-0.1, -0.05) is 77.2 Å². The number of carbonyl (C=O) groups is 1. The van der Waals surface area contributed by atoms with Crippen molar-refractivity contribution in [2.45, 2.75) is 18.9 Å². The van der Waals surface area contributed by atoms with Gasteiger partial charge < -0.3 is 5.32 Å². The predicted octanol–water partition coefficient (Wildman–Crippen LogP) is 3.84. The van der Waals surface area contributed by atoms with Crippen LogP contribution in [0.25, 0.3) is 11.1 Å². The van der Waals surface area contributed by atoms with E-state index in [-0.39, 0.29) is 11.8 Å². The summed E-state index contributed by atoms with van der Waals surface area (Å²) in [6.07, 6.45) is 1.89. The van der Waals surface area contributed by atoms with Crippen LogP contribution in [0.5, 0.6) is 0 Å². The van der Waals surface area contributed by atoms with Gasteiger partial charge in [0.2, 0.25) is 5.91 Å². The van der Waals surface area contributed by atoms with E-state index in [1.54, 1.807) is 0 Å². The van der Waals surface area contributed by atoms with Crippen LogP contribution < -0.4 is 5.32 Å². The van der Waals surface area contributed by atoms with E-state index >= 15 is 0 Å². The molecule has 0 spiro atoms. The number of hydrogen-bond acceptors (Lipinski definition) is 1. The molecule has 1 unspecified atom stereocenters. The third-order valence-corrected chi connectivity index (χ3v) is 5.08. The zero-order valence-corrected chi connectivity index (χ0v) is 13.9. The Bertz CT molecular complexity index is 609. The first-order valence-electron chi connectivity index (χ1n) is 7.27. The van der Waals surface area contributed by atoms with E-state index < -0.39 is 0 Å². The Morgan fingerprint density at radius 1 is 1.00 bits per heavy atom. The zero-order valence-electron chi connectivity index (χ0n) is 11.8. The Labute approximate surface area is 139 Å². The molecule has 0 aliphatic carbocycles. The highest BCUT2D eigenvalue weighted by molar-refractivity contribution is 14.1. The summed E-state index contributed by atoms with van der Waals surface area (Å²) in [7, 11) is 0. The zero-order chi connectivity index (χ0) is 14.7. The van der Waals surface area contributed by atoms with Crippen LogP contribution >= 0.6 is 22.6 Å². The average Bonchev–Trinajstić information content (AvgIpc) is 2.88. The number of nitrogens with one attached hydrogen (secondary N) is 1. The molecule has 1 heterocycles. The van der Waals surface area contributed by atoms with E-state index in [0.717, 1.165) is 17.3 Å². The number of carbonyl (C=O) groups excluding carboxylic acids is 1. The highest BCUT2D eigenvalue weighted by Crippen LogP contribution is 2.23. The van der Waals surface area contributed by atoms with Gasteiger partial charge in [0, 0.05) is 16.4 Å². The first-order valence-corrected chi connectivity index (χ1v) is 8.79. The van der Waals surface area contributed by atoms with E-state index in [1.807, 2.05) is 6.07 Å². The summed E-state index contributed by atoms with van der Waals surface area (Å²) in [4.78, 5) is 11.7. The van der Waals surface area contributed by atoms with Crippen molar-refractivity contribution in [3.63, 3.8) is 0 Å². The van der Waals surface area contributed by atoms with E-state index in [0.29, 0.717) is 6.04 Å². The number of amides is 1. The summed E-state index contributed by atoms with van der Waals surface area (Å²) < 4.78 is 0.910. The molecule has 2 nitrogen and oxygen atoms in total. The number of alkyl halides is 1. The van der Waals surface area contributed by atoms with Crippen LogP contribution in [0.3, 0.4) is 0 Å². The van der Waals surface area contributed by atoms with Crippen LogP contribution in [-0.4, -0.2) is 16.4 Å². The van der Waals surface area contributed by atoms with Crippen LogP contribution in [0.4, 0.5) is 0 Å². The third-order valence-electron chi connectivity index (χ3n) is 4.02. The number of hydrogen-bond donors (Lipinski definition) is 1. The molecule has 2 aromatic carbocycles. The molecule has 0 saturated carbocycles. The molecule has 1 aliphatic heterocycles. The van der Waals surface area contributed by atoms with Crippen LogP contribution in [0.2, 0.25) is 0 Å². The van der Waals surface area contributed by atoms with Gasteiger partial charge in [0.15, 0.2) is 0 Å². The van der Waals surface area contributed by atoms with Crippen LogP contribution in [0, 0.1) is 5.92 Å². The minimum atomic E-state index is 0.194. The maximum absolute atomic E-state index is 11.7. The topological polar surface area (TPSA) is 29.1 Å². The Morgan fingerprint density at radius 3 is 2.29 bits per heavy atom. The van der Waals surface area contributed by atoms with Crippen molar-refractivity contribution in [1.82, 2.24) is 5.32 Å². The van der Waals surface area contributed by atoms with Gasteiger partial charge in [-0.05, 0) is 29.5 Å². The number of benzene rings is 2. The van der Waals surface area contributed by atoms with Crippen LogP contribution in [-0.2, 0) is 11.2 Å². The minimum absolute atomic E-state index is 0.194. The van der Waals surface area contributed by atoms with E-state index in [9.17, 15) is 4.79 Å². The van der Waals surface area contributed by atoms with Gasteiger partial charge in [0.25, 0.3) is 0 Å². The quantitative estimate of drug-likeness (QED) is 0.623. The molecule has 2 atom stereocenters. The van der Waals surface area contributed by atoms with Gasteiger partial charge >= 0.3 is 0 Å². The summed E-state index contributed by atoms with van der Waals surface area (Å²) in [6.45, 7) is 0. The molecule has 108 valence electrons. The predicted molar refractivity (Wildman–Crippen MR) is 94.5 cm³/mol. The molecule has 1 amide bonds. The summed E-state index contributed by atoms with van der Waals surface area (Å²) in [5, 5.41) is 3.11. The van der Waals surface area contributed by atoms with Crippen molar-refractivity contribution in [2.75, 3.05) is 4.43 Å². The second-order valence-corrected chi connectivity index (χ2v) is 6.44. The van der Waals surface area contributed by atoms with Crippen molar-refractivity contribution in [1.29, 1.82) is 0 Å². The van der Waals surface area contributed by atoms with Crippen molar-refractivity contribution >= 4 is 28.5 Å². The summed E-state index contributed by atoms with van der Waals surface area (Å²) in [5.41, 5.74) is 3.76. The molecule has 0 radical (unpaired) electrons. The third kappa shape index (κ3) is 3.46. The molecule has 1 fully saturated rings.